The van der Waals surface area contributed by atoms with Gasteiger partial charge in [0.1, 0.15) is 0 Å². The van der Waals surface area contributed by atoms with Gasteiger partial charge in [0, 0.05) is 20.2 Å². The second-order valence-corrected chi connectivity index (χ2v) is 3.12. The minimum absolute atomic E-state index is 0.165. The highest BCUT2D eigenvalue weighted by Gasteiger charge is 2.27. The van der Waals surface area contributed by atoms with E-state index in [0.29, 0.717) is 13.2 Å². The summed E-state index contributed by atoms with van der Waals surface area (Å²) in [4.78, 5) is 12.7. The number of aliphatic carboxylic acids is 1. The summed E-state index contributed by atoms with van der Waals surface area (Å²) in [5.74, 6) is -0.836. The fourth-order valence-electron chi connectivity index (χ4n) is 1.46. The van der Waals surface area contributed by atoms with E-state index in [4.69, 9.17) is 9.84 Å². The Morgan fingerprint density at radius 1 is 1.75 bits per heavy atom. The number of carboxylic acids is 1. The van der Waals surface area contributed by atoms with Crippen molar-refractivity contribution in [1.82, 2.24) is 4.90 Å². The van der Waals surface area contributed by atoms with Gasteiger partial charge in [-0.3, -0.25) is 4.79 Å². The molecule has 70 valence electrons. The predicted molar refractivity (Wildman–Crippen MR) is 44.1 cm³/mol. The molecule has 1 saturated heterocycles. The number of carbonyl (C=O) groups is 1. The molecule has 1 rings (SSSR count). The van der Waals surface area contributed by atoms with Crippen LogP contribution in [0.25, 0.3) is 0 Å². The Labute approximate surface area is 72.1 Å². The van der Waals surface area contributed by atoms with Crippen molar-refractivity contribution in [3.63, 3.8) is 0 Å². The van der Waals surface area contributed by atoms with Gasteiger partial charge >= 0.3 is 5.97 Å². The van der Waals surface area contributed by atoms with Crippen molar-refractivity contribution in [3.05, 3.63) is 0 Å². The lowest BCUT2D eigenvalue weighted by molar-refractivity contribution is -0.141. The number of carboxylic acid groups (broad SMARTS) is 1. The topological polar surface area (TPSA) is 49.8 Å². The first-order valence-electron chi connectivity index (χ1n) is 4.18. The quantitative estimate of drug-likeness (QED) is 0.652. The van der Waals surface area contributed by atoms with Gasteiger partial charge in [0.05, 0.1) is 12.5 Å². The summed E-state index contributed by atoms with van der Waals surface area (Å²) >= 11 is 0. The van der Waals surface area contributed by atoms with E-state index in [-0.39, 0.29) is 5.92 Å². The molecular weight excluding hydrogens is 158 g/mol. The molecule has 0 aromatic heterocycles. The molecule has 0 spiro atoms. The van der Waals surface area contributed by atoms with E-state index in [0.717, 1.165) is 19.5 Å². The Kier molecular flexibility index (Phi) is 3.49. The molecule has 12 heavy (non-hydrogen) atoms. The molecule has 1 heterocycles. The zero-order chi connectivity index (χ0) is 8.97. The number of likely N-dealkylation sites (tertiary alicyclic amines) is 1. The van der Waals surface area contributed by atoms with E-state index in [1.165, 1.54) is 0 Å². The third kappa shape index (κ3) is 2.46. The number of nitrogens with zero attached hydrogens (tertiary/aromatic N) is 1. The molecule has 4 nitrogen and oxygen atoms in total. The maximum Gasteiger partial charge on any atom is 0.307 e. The van der Waals surface area contributed by atoms with Crippen LogP contribution in [0.5, 0.6) is 0 Å². The van der Waals surface area contributed by atoms with E-state index in [9.17, 15) is 4.79 Å². The van der Waals surface area contributed by atoms with Crippen LogP contribution in [0.1, 0.15) is 6.42 Å². The van der Waals surface area contributed by atoms with Crippen LogP contribution in [0.3, 0.4) is 0 Å². The summed E-state index contributed by atoms with van der Waals surface area (Å²) in [5, 5.41) is 8.70. The van der Waals surface area contributed by atoms with Gasteiger partial charge in [-0.15, -0.1) is 0 Å². The first kappa shape index (κ1) is 9.48. The molecule has 1 N–H and O–H groups in total. The Hall–Kier alpha value is -0.610. The van der Waals surface area contributed by atoms with Crippen LogP contribution in [0.2, 0.25) is 0 Å². The van der Waals surface area contributed by atoms with Crippen LogP contribution < -0.4 is 0 Å². The molecular formula is C8H15NO3. The molecule has 4 heteroatoms. The maximum atomic E-state index is 10.6. The third-order valence-corrected chi connectivity index (χ3v) is 2.23. The normalized spacial score (nSPS) is 24.6. The highest BCUT2D eigenvalue weighted by atomic mass is 16.5. The molecule has 0 aromatic carbocycles. The second-order valence-electron chi connectivity index (χ2n) is 3.12. The van der Waals surface area contributed by atoms with E-state index >= 15 is 0 Å². The Morgan fingerprint density at radius 3 is 3.00 bits per heavy atom. The van der Waals surface area contributed by atoms with E-state index < -0.39 is 5.97 Å². The number of hydrogen-bond acceptors (Lipinski definition) is 3. The van der Waals surface area contributed by atoms with E-state index in [1.54, 1.807) is 7.11 Å². The van der Waals surface area contributed by atoms with Crippen LogP contribution in [-0.2, 0) is 9.53 Å². The van der Waals surface area contributed by atoms with Gasteiger partial charge in [-0.1, -0.05) is 0 Å². The Balaban J connectivity index is 2.21. The minimum Gasteiger partial charge on any atom is -0.481 e. The van der Waals surface area contributed by atoms with Crippen molar-refractivity contribution >= 4 is 5.97 Å². The van der Waals surface area contributed by atoms with Crippen LogP contribution in [0.15, 0.2) is 0 Å². The summed E-state index contributed by atoms with van der Waals surface area (Å²) in [6, 6.07) is 0. The zero-order valence-corrected chi connectivity index (χ0v) is 7.32. The van der Waals surface area contributed by atoms with E-state index in [2.05, 4.69) is 4.90 Å². The SMILES string of the molecule is COCCN1CC[C@@H](C(=O)O)C1. The molecule has 0 bridgehead atoms. The predicted octanol–water partition coefficient (Wildman–Crippen LogP) is 0.0393. The third-order valence-electron chi connectivity index (χ3n) is 2.23. The van der Waals surface area contributed by atoms with Gasteiger partial charge < -0.3 is 14.7 Å². The average molecular weight is 173 g/mol. The first-order chi connectivity index (χ1) is 5.74. The molecule has 0 radical (unpaired) electrons. The molecule has 0 saturated carbocycles. The van der Waals surface area contributed by atoms with Crippen LogP contribution >= 0.6 is 0 Å². The molecule has 1 atom stereocenters. The van der Waals surface area contributed by atoms with E-state index in [1.807, 2.05) is 0 Å². The molecule has 0 amide bonds. The number of methoxy groups -OCH3 is 1. The summed E-state index contributed by atoms with van der Waals surface area (Å²) in [6.07, 6.45) is 0.777. The standard InChI is InChI=1S/C8H15NO3/c1-12-5-4-9-3-2-7(6-9)8(10)11/h7H,2-6H2,1H3,(H,10,11)/t7-/m1/s1. The lowest BCUT2D eigenvalue weighted by Crippen LogP contribution is -2.26. The summed E-state index contributed by atoms with van der Waals surface area (Å²) in [6.45, 7) is 3.10. The van der Waals surface area contributed by atoms with Gasteiger partial charge in [-0.05, 0) is 13.0 Å². The van der Waals surface area contributed by atoms with Crippen molar-refractivity contribution in [2.24, 2.45) is 5.92 Å². The smallest absolute Gasteiger partial charge is 0.307 e. The van der Waals surface area contributed by atoms with Crippen LogP contribution in [-0.4, -0.2) is 49.3 Å². The van der Waals surface area contributed by atoms with Crippen LogP contribution in [0.4, 0.5) is 0 Å². The molecule has 1 aliphatic heterocycles. The monoisotopic (exact) mass is 173 g/mol. The largest absolute Gasteiger partial charge is 0.481 e. The Morgan fingerprint density at radius 2 is 2.50 bits per heavy atom. The molecule has 0 aliphatic carbocycles. The van der Waals surface area contributed by atoms with Crippen molar-refractivity contribution in [1.29, 1.82) is 0 Å². The fraction of sp³-hybridized carbons (Fsp3) is 0.875. The van der Waals surface area contributed by atoms with Gasteiger partial charge in [0.15, 0.2) is 0 Å². The number of hydrogen-bond donors (Lipinski definition) is 1. The minimum atomic E-state index is -0.671. The number of rotatable bonds is 4. The van der Waals surface area contributed by atoms with Crippen molar-refractivity contribution in [2.45, 2.75) is 6.42 Å². The summed E-state index contributed by atoms with van der Waals surface area (Å²) in [5.41, 5.74) is 0. The highest BCUT2D eigenvalue weighted by Crippen LogP contribution is 2.15. The first-order valence-corrected chi connectivity index (χ1v) is 4.18. The van der Waals surface area contributed by atoms with Gasteiger partial charge in [-0.2, -0.15) is 0 Å². The van der Waals surface area contributed by atoms with Crippen molar-refractivity contribution in [3.8, 4) is 0 Å². The summed E-state index contributed by atoms with van der Waals surface area (Å²) in [7, 11) is 1.66. The fourth-order valence-corrected chi connectivity index (χ4v) is 1.46. The lowest BCUT2D eigenvalue weighted by Gasteiger charge is -2.13. The molecule has 1 aliphatic rings. The number of ether oxygens (including phenoxy) is 1. The highest BCUT2D eigenvalue weighted by molar-refractivity contribution is 5.70. The zero-order valence-electron chi connectivity index (χ0n) is 7.32. The van der Waals surface area contributed by atoms with Gasteiger partial charge in [0.2, 0.25) is 0 Å². The maximum absolute atomic E-state index is 10.6. The van der Waals surface area contributed by atoms with Crippen LogP contribution in [0, 0.1) is 5.92 Å². The second kappa shape index (κ2) is 4.42. The van der Waals surface area contributed by atoms with Crippen molar-refractivity contribution < 1.29 is 14.6 Å². The van der Waals surface area contributed by atoms with Gasteiger partial charge in [-0.25, -0.2) is 0 Å². The lowest BCUT2D eigenvalue weighted by atomic mass is 10.1. The van der Waals surface area contributed by atoms with Gasteiger partial charge in [0.25, 0.3) is 0 Å². The molecule has 0 unspecified atom stereocenters. The Bertz CT molecular complexity index is 160. The molecule has 1 fully saturated rings. The van der Waals surface area contributed by atoms with Crippen molar-refractivity contribution in [2.75, 3.05) is 33.4 Å². The summed E-state index contributed by atoms with van der Waals surface area (Å²) < 4.78 is 4.91. The molecule has 0 aromatic rings. The average Bonchev–Trinajstić information content (AvgIpc) is 2.48.